The molecule has 19 heavy (non-hydrogen) atoms. The third-order valence-electron chi connectivity index (χ3n) is 2.75. The van der Waals surface area contributed by atoms with Crippen LogP contribution in [0.5, 0.6) is 0 Å². The fourth-order valence-electron chi connectivity index (χ4n) is 1.87. The second kappa shape index (κ2) is 5.14. The lowest BCUT2D eigenvalue weighted by atomic mass is 10.3. The molecule has 98 valence electrons. The number of aryl methyl sites for hydroxylation is 1. The highest BCUT2D eigenvalue weighted by Gasteiger charge is 2.09. The maximum absolute atomic E-state index is 4.51. The molecule has 0 aliphatic carbocycles. The van der Waals surface area contributed by atoms with E-state index >= 15 is 0 Å². The number of rotatable bonds is 4. The van der Waals surface area contributed by atoms with Crippen molar-refractivity contribution in [1.82, 2.24) is 9.97 Å². The monoisotopic (exact) mass is 290 g/mol. The first-order valence-electron chi connectivity index (χ1n) is 5.98. The number of nitrogens with one attached hydrogen (secondary N) is 2. The third-order valence-corrected chi connectivity index (χ3v) is 4.57. The van der Waals surface area contributed by atoms with Crippen LogP contribution in [0.25, 0.3) is 10.2 Å². The first kappa shape index (κ1) is 12.4. The molecule has 0 saturated heterocycles. The SMILES string of the molecule is CNc1nc(NCc2cccs2)c2cc(C)sc2n1. The van der Waals surface area contributed by atoms with Gasteiger partial charge in [0.25, 0.3) is 0 Å². The first-order chi connectivity index (χ1) is 9.26. The molecule has 3 aromatic heterocycles. The van der Waals surface area contributed by atoms with Gasteiger partial charge in [-0.3, -0.25) is 0 Å². The number of hydrogen-bond donors (Lipinski definition) is 2. The quantitative estimate of drug-likeness (QED) is 0.769. The maximum atomic E-state index is 4.51. The molecule has 0 radical (unpaired) electrons. The van der Waals surface area contributed by atoms with Gasteiger partial charge in [0.2, 0.25) is 5.95 Å². The van der Waals surface area contributed by atoms with Gasteiger partial charge in [0.05, 0.1) is 11.9 Å². The zero-order valence-electron chi connectivity index (χ0n) is 10.7. The van der Waals surface area contributed by atoms with E-state index in [2.05, 4.69) is 51.1 Å². The molecule has 0 unspecified atom stereocenters. The first-order valence-corrected chi connectivity index (χ1v) is 7.68. The summed E-state index contributed by atoms with van der Waals surface area (Å²) in [5, 5.41) is 9.59. The van der Waals surface area contributed by atoms with Crippen molar-refractivity contribution in [2.24, 2.45) is 0 Å². The van der Waals surface area contributed by atoms with E-state index in [1.54, 1.807) is 22.7 Å². The average molecular weight is 290 g/mol. The minimum Gasteiger partial charge on any atom is -0.364 e. The Bertz CT molecular complexity index is 688. The molecule has 3 rings (SSSR count). The van der Waals surface area contributed by atoms with Crippen LogP contribution in [0.2, 0.25) is 0 Å². The van der Waals surface area contributed by atoms with E-state index in [1.807, 2.05) is 7.05 Å². The minimum absolute atomic E-state index is 0.656. The molecular weight excluding hydrogens is 276 g/mol. The van der Waals surface area contributed by atoms with Gasteiger partial charge in [0, 0.05) is 16.8 Å². The lowest BCUT2D eigenvalue weighted by molar-refractivity contribution is 1.12. The molecule has 0 saturated carbocycles. The Morgan fingerprint density at radius 3 is 2.95 bits per heavy atom. The van der Waals surface area contributed by atoms with Gasteiger partial charge in [0.1, 0.15) is 10.6 Å². The summed E-state index contributed by atoms with van der Waals surface area (Å²) >= 11 is 3.43. The average Bonchev–Trinajstić information content (AvgIpc) is 3.03. The Balaban J connectivity index is 1.96. The second-order valence-corrected chi connectivity index (χ2v) is 6.42. The van der Waals surface area contributed by atoms with Crippen LogP contribution < -0.4 is 10.6 Å². The van der Waals surface area contributed by atoms with E-state index in [1.165, 1.54) is 9.75 Å². The molecule has 0 aliphatic heterocycles. The van der Waals surface area contributed by atoms with Crippen LogP contribution in [-0.4, -0.2) is 17.0 Å². The van der Waals surface area contributed by atoms with Crippen LogP contribution in [-0.2, 0) is 6.54 Å². The van der Waals surface area contributed by atoms with Gasteiger partial charge in [-0.05, 0) is 24.4 Å². The lowest BCUT2D eigenvalue weighted by Gasteiger charge is -2.07. The molecular formula is C13H14N4S2. The maximum Gasteiger partial charge on any atom is 0.225 e. The summed E-state index contributed by atoms with van der Waals surface area (Å²) in [7, 11) is 1.84. The number of fused-ring (bicyclic) bond motifs is 1. The molecule has 2 N–H and O–H groups in total. The smallest absolute Gasteiger partial charge is 0.225 e. The summed E-state index contributed by atoms with van der Waals surface area (Å²) in [6.45, 7) is 2.89. The second-order valence-electron chi connectivity index (χ2n) is 4.15. The van der Waals surface area contributed by atoms with Crippen molar-refractivity contribution in [3.63, 3.8) is 0 Å². The predicted octanol–water partition coefficient (Wildman–Crippen LogP) is 3.72. The van der Waals surface area contributed by atoms with Gasteiger partial charge in [0.15, 0.2) is 0 Å². The van der Waals surface area contributed by atoms with E-state index < -0.39 is 0 Å². The Morgan fingerprint density at radius 1 is 1.32 bits per heavy atom. The Hall–Kier alpha value is -1.66. The fourth-order valence-corrected chi connectivity index (χ4v) is 3.40. The van der Waals surface area contributed by atoms with Gasteiger partial charge in [-0.25, -0.2) is 4.98 Å². The summed E-state index contributed by atoms with van der Waals surface area (Å²) in [5.41, 5.74) is 0. The van der Waals surface area contributed by atoms with E-state index in [4.69, 9.17) is 0 Å². The van der Waals surface area contributed by atoms with Crippen LogP contribution in [0.1, 0.15) is 9.75 Å². The van der Waals surface area contributed by atoms with E-state index in [0.29, 0.717) is 5.95 Å². The van der Waals surface area contributed by atoms with Gasteiger partial charge in [-0.1, -0.05) is 6.07 Å². The van der Waals surface area contributed by atoms with Crippen LogP contribution in [0, 0.1) is 6.92 Å². The Kier molecular flexibility index (Phi) is 3.35. The van der Waals surface area contributed by atoms with Gasteiger partial charge in [-0.15, -0.1) is 22.7 Å². The zero-order chi connectivity index (χ0) is 13.2. The molecule has 0 aliphatic rings. The zero-order valence-corrected chi connectivity index (χ0v) is 12.4. The summed E-state index contributed by atoms with van der Waals surface area (Å²) in [5.74, 6) is 1.55. The molecule has 0 atom stereocenters. The molecule has 0 fully saturated rings. The van der Waals surface area contributed by atoms with E-state index in [9.17, 15) is 0 Å². The molecule has 3 aromatic rings. The van der Waals surface area contributed by atoms with Crippen molar-refractivity contribution < 1.29 is 0 Å². The Labute approximate surface area is 119 Å². The topological polar surface area (TPSA) is 49.8 Å². The highest BCUT2D eigenvalue weighted by Crippen LogP contribution is 2.29. The number of aromatic nitrogens is 2. The molecule has 0 aromatic carbocycles. The van der Waals surface area contributed by atoms with Gasteiger partial charge in [-0.2, -0.15) is 4.98 Å². The number of thiophene rings is 2. The number of anilines is 2. The molecule has 0 bridgehead atoms. The molecule has 0 spiro atoms. The molecule has 3 heterocycles. The highest BCUT2D eigenvalue weighted by molar-refractivity contribution is 7.18. The van der Waals surface area contributed by atoms with Crippen molar-refractivity contribution in [1.29, 1.82) is 0 Å². The molecule has 0 amide bonds. The van der Waals surface area contributed by atoms with E-state index in [-0.39, 0.29) is 0 Å². The van der Waals surface area contributed by atoms with Crippen LogP contribution >= 0.6 is 22.7 Å². The van der Waals surface area contributed by atoms with Crippen LogP contribution in [0.4, 0.5) is 11.8 Å². The molecule has 6 heteroatoms. The highest BCUT2D eigenvalue weighted by atomic mass is 32.1. The van der Waals surface area contributed by atoms with Crippen molar-refractivity contribution in [3.8, 4) is 0 Å². The van der Waals surface area contributed by atoms with Gasteiger partial charge < -0.3 is 10.6 Å². The van der Waals surface area contributed by atoms with Crippen molar-refractivity contribution in [3.05, 3.63) is 33.3 Å². The van der Waals surface area contributed by atoms with Gasteiger partial charge >= 0.3 is 0 Å². The molecule has 4 nitrogen and oxygen atoms in total. The summed E-state index contributed by atoms with van der Waals surface area (Å²) in [4.78, 5) is 12.6. The summed E-state index contributed by atoms with van der Waals surface area (Å²) in [6, 6.07) is 6.31. The van der Waals surface area contributed by atoms with E-state index in [0.717, 1.165) is 22.6 Å². The predicted molar refractivity (Wildman–Crippen MR) is 83.3 cm³/mol. The van der Waals surface area contributed by atoms with Crippen molar-refractivity contribution >= 4 is 44.7 Å². The number of hydrogen-bond acceptors (Lipinski definition) is 6. The minimum atomic E-state index is 0.656. The van der Waals surface area contributed by atoms with Crippen LogP contribution in [0.3, 0.4) is 0 Å². The van der Waals surface area contributed by atoms with Crippen molar-refractivity contribution in [2.75, 3.05) is 17.7 Å². The van der Waals surface area contributed by atoms with Crippen LogP contribution in [0.15, 0.2) is 23.6 Å². The lowest BCUT2D eigenvalue weighted by Crippen LogP contribution is -2.03. The summed E-state index contributed by atoms with van der Waals surface area (Å²) < 4.78 is 0. The standard InChI is InChI=1S/C13H14N4S2/c1-8-6-10-11(15-7-9-4-3-5-18-9)16-13(14-2)17-12(10)19-8/h3-6H,7H2,1-2H3,(H2,14,15,16,17). The van der Waals surface area contributed by atoms with Crippen molar-refractivity contribution in [2.45, 2.75) is 13.5 Å². The fraction of sp³-hybridized carbons (Fsp3) is 0.231. The largest absolute Gasteiger partial charge is 0.364 e. The Morgan fingerprint density at radius 2 is 2.21 bits per heavy atom. The third kappa shape index (κ3) is 2.54. The normalized spacial score (nSPS) is 10.8. The number of nitrogens with zero attached hydrogens (tertiary/aromatic N) is 2. The summed E-state index contributed by atoms with van der Waals surface area (Å²) in [6.07, 6.45) is 0.